The predicted molar refractivity (Wildman–Crippen MR) is 104 cm³/mol. The zero-order valence-corrected chi connectivity index (χ0v) is 18.1. The molecule has 8 heteroatoms. The third kappa shape index (κ3) is 5.02. The van der Waals surface area contributed by atoms with E-state index in [2.05, 4.69) is 63.7 Å². The summed E-state index contributed by atoms with van der Waals surface area (Å²) in [7, 11) is 0. The summed E-state index contributed by atoms with van der Waals surface area (Å²) >= 11 is 12.7. The highest BCUT2D eigenvalue weighted by Crippen LogP contribution is 2.33. The first-order chi connectivity index (χ1) is 11.4. The van der Waals surface area contributed by atoms with Crippen LogP contribution in [0.5, 0.6) is 11.5 Å². The van der Waals surface area contributed by atoms with Crippen LogP contribution < -0.4 is 9.47 Å². The molecule has 0 aliphatic rings. The van der Waals surface area contributed by atoms with Gasteiger partial charge in [-0.1, -0.05) is 24.3 Å². The van der Waals surface area contributed by atoms with E-state index in [1.807, 2.05) is 0 Å². The predicted octanol–water partition coefficient (Wildman–Crippen LogP) is 5.72. The molecular weight excluding hydrogens is 576 g/mol. The molecule has 2 aromatic carbocycles. The zero-order chi connectivity index (χ0) is 17.7. The van der Waals surface area contributed by atoms with Crippen LogP contribution in [0, 0.1) is 0 Å². The van der Waals surface area contributed by atoms with Crippen LogP contribution in [-0.4, -0.2) is 11.9 Å². The fourth-order valence-corrected chi connectivity index (χ4v) is 2.71. The van der Waals surface area contributed by atoms with E-state index in [1.54, 1.807) is 48.5 Å². The Hall–Kier alpha value is -0.960. The second-order valence-corrected chi connectivity index (χ2v) is 7.51. The van der Waals surface area contributed by atoms with Crippen molar-refractivity contribution in [3.63, 3.8) is 0 Å². The van der Waals surface area contributed by atoms with Crippen molar-refractivity contribution in [1.29, 1.82) is 0 Å². The van der Waals surface area contributed by atoms with Crippen LogP contribution in [0.3, 0.4) is 0 Å². The maximum Gasteiger partial charge on any atom is 0.352 e. The summed E-state index contributed by atoms with van der Waals surface area (Å²) in [4.78, 5) is 24.2. The molecule has 0 N–H and O–H groups in total. The van der Waals surface area contributed by atoms with Gasteiger partial charge in [0.15, 0.2) is 0 Å². The molecule has 0 atom stereocenters. The molecule has 0 heterocycles. The van der Waals surface area contributed by atoms with E-state index < -0.39 is 11.9 Å². The lowest BCUT2D eigenvalue weighted by Crippen LogP contribution is -2.15. The molecule has 0 saturated heterocycles. The van der Waals surface area contributed by atoms with Crippen molar-refractivity contribution in [3.8, 4) is 11.5 Å². The molecule has 0 radical (unpaired) electrons. The highest BCUT2D eigenvalue weighted by molar-refractivity contribution is 9.14. The number of para-hydroxylation sites is 1. The number of rotatable bonds is 4. The van der Waals surface area contributed by atoms with E-state index in [4.69, 9.17) is 9.47 Å². The largest absolute Gasteiger partial charge is 0.423 e. The summed E-state index contributed by atoms with van der Waals surface area (Å²) in [6.07, 6.45) is 0. The first kappa shape index (κ1) is 19.4. The number of carbonyl (C=O) groups is 2. The lowest BCUT2D eigenvalue weighted by molar-refractivity contribution is -0.132. The minimum absolute atomic E-state index is 0.0810. The molecule has 2 rings (SSSR count). The van der Waals surface area contributed by atoms with Crippen LogP contribution in [0.1, 0.15) is 0 Å². The number of halogens is 4. The monoisotopic (exact) mass is 580 g/mol. The maximum absolute atomic E-state index is 12.2. The molecule has 124 valence electrons. The number of esters is 2. The topological polar surface area (TPSA) is 52.6 Å². The van der Waals surface area contributed by atoms with Crippen molar-refractivity contribution in [2.24, 2.45) is 0 Å². The average molecular weight is 584 g/mol. The molecule has 0 amide bonds. The van der Waals surface area contributed by atoms with Gasteiger partial charge in [-0.05, 0) is 88.0 Å². The molecule has 0 spiro atoms. The molecule has 2 aromatic rings. The second-order valence-electron chi connectivity index (χ2n) is 4.27. The lowest BCUT2D eigenvalue weighted by Gasteiger charge is -2.08. The van der Waals surface area contributed by atoms with Crippen LogP contribution in [0.25, 0.3) is 0 Å². The Bertz CT molecular complexity index is 803. The van der Waals surface area contributed by atoms with E-state index in [0.717, 1.165) is 4.47 Å². The summed E-state index contributed by atoms with van der Waals surface area (Å²) in [6, 6.07) is 13.6. The van der Waals surface area contributed by atoms with Crippen LogP contribution >= 0.6 is 63.7 Å². The first-order valence-electron chi connectivity index (χ1n) is 6.39. The van der Waals surface area contributed by atoms with Crippen LogP contribution in [0.15, 0.2) is 66.4 Å². The van der Waals surface area contributed by atoms with E-state index in [1.165, 1.54) is 0 Å². The first-order valence-corrected chi connectivity index (χ1v) is 9.56. The average Bonchev–Trinajstić information content (AvgIpc) is 2.58. The molecular formula is C16H8Br4O4. The van der Waals surface area contributed by atoms with Gasteiger partial charge >= 0.3 is 11.9 Å². The maximum atomic E-state index is 12.2. The molecule has 0 saturated carbocycles. The Morgan fingerprint density at radius 3 is 1.96 bits per heavy atom. The van der Waals surface area contributed by atoms with Gasteiger partial charge in [-0.3, -0.25) is 0 Å². The van der Waals surface area contributed by atoms with E-state index in [9.17, 15) is 9.59 Å². The minimum Gasteiger partial charge on any atom is -0.423 e. The van der Waals surface area contributed by atoms with Gasteiger partial charge < -0.3 is 9.47 Å². The highest BCUT2D eigenvalue weighted by atomic mass is 79.9. The van der Waals surface area contributed by atoms with Crippen molar-refractivity contribution in [2.45, 2.75) is 0 Å². The Kier molecular flexibility index (Phi) is 7.21. The number of hydrogen-bond acceptors (Lipinski definition) is 4. The fourth-order valence-electron chi connectivity index (χ4n) is 1.53. The van der Waals surface area contributed by atoms with Gasteiger partial charge in [0, 0.05) is 4.47 Å². The summed E-state index contributed by atoms with van der Waals surface area (Å²) in [5, 5.41) is 0. The molecule has 0 bridgehead atoms. The quantitative estimate of drug-likeness (QED) is 0.262. The van der Waals surface area contributed by atoms with Gasteiger partial charge in [-0.15, -0.1) is 0 Å². The van der Waals surface area contributed by atoms with Crippen molar-refractivity contribution < 1.29 is 19.1 Å². The second kappa shape index (κ2) is 8.94. The normalized spacial score (nSPS) is 11.5. The fraction of sp³-hybridized carbons (Fsp3) is 0. The number of benzene rings is 2. The third-order valence-corrected chi connectivity index (χ3v) is 6.61. The van der Waals surface area contributed by atoms with Crippen molar-refractivity contribution in [3.05, 3.63) is 66.4 Å². The van der Waals surface area contributed by atoms with Gasteiger partial charge in [0.25, 0.3) is 0 Å². The summed E-state index contributed by atoms with van der Waals surface area (Å²) in [5.74, 6) is -0.796. The van der Waals surface area contributed by atoms with Crippen LogP contribution in [-0.2, 0) is 9.59 Å². The lowest BCUT2D eigenvalue weighted by atomic mass is 10.3. The van der Waals surface area contributed by atoms with Gasteiger partial charge in [0.05, 0.1) is 4.47 Å². The van der Waals surface area contributed by atoms with E-state index in [-0.39, 0.29) is 8.96 Å². The third-order valence-electron chi connectivity index (χ3n) is 2.62. The number of carbonyl (C=O) groups excluding carboxylic acids is 2. The Balaban J connectivity index is 2.14. The zero-order valence-electron chi connectivity index (χ0n) is 11.8. The van der Waals surface area contributed by atoms with Gasteiger partial charge in [0.1, 0.15) is 20.5 Å². The highest BCUT2D eigenvalue weighted by Gasteiger charge is 2.21. The standard InChI is InChI=1S/C16H8Br4O4/c17-10-7-4-8-11(12(10)18)24-16(22)14(20)13(19)15(21)23-9-5-2-1-3-6-9/h1-8H. The molecule has 4 nitrogen and oxygen atoms in total. The van der Waals surface area contributed by atoms with Gasteiger partial charge in [0.2, 0.25) is 0 Å². The SMILES string of the molecule is O=C(Oc1ccccc1)C(Br)=C(Br)C(=O)Oc1cccc(Br)c1Br. The van der Waals surface area contributed by atoms with Crippen molar-refractivity contribution >= 4 is 75.7 Å². The van der Waals surface area contributed by atoms with Crippen LogP contribution in [0.2, 0.25) is 0 Å². The Labute approximate surface area is 171 Å². The molecule has 0 aliphatic carbocycles. The van der Waals surface area contributed by atoms with Gasteiger partial charge in [-0.2, -0.15) is 0 Å². The summed E-state index contributed by atoms with van der Waals surface area (Å²) in [6.45, 7) is 0. The van der Waals surface area contributed by atoms with Gasteiger partial charge in [-0.25, -0.2) is 9.59 Å². The smallest absolute Gasteiger partial charge is 0.352 e. The van der Waals surface area contributed by atoms with E-state index in [0.29, 0.717) is 16.0 Å². The minimum atomic E-state index is -0.745. The molecule has 24 heavy (non-hydrogen) atoms. The summed E-state index contributed by atoms with van der Waals surface area (Å²) in [5.41, 5.74) is 0. The summed E-state index contributed by atoms with van der Waals surface area (Å²) < 4.78 is 11.5. The van der Waals surface area contributed by atoms with Crippen LogP contribution in [0.4, 0.5) is 0 Å². The number of hydrogen-bond donors (Lipinski definition) is 0. The molecule has 0 aliphatic heterocycles. The Morgan fingerprint density at radius 1 is 0.750 bits per heavy atom. The molecule has 0 unspecified atom stereocenters. The number of ether oxygens (including phenoxy) is 2. The van der Waals surface area contributed by atoms with Crippen molar-refractivity contribution in [1.82, 2.24) is 0 Å². The van der Waals surface area contributed by atoms with Crippen molar-refractivity contribution in [2.75, 3.05) is 0 Å². The Morgan fingerprint density at radius 2 is 1.33 bits per heavy atom. The molecule has 0 fully saturated rings. The molecule has 0 aromatic heterocycles. The van der Waals surface area contributed by atoms with E-state index >= 15 is 0 Å².